The molecule has 2 N–H and O–H groups in total. The zero-order chi connectivity index (χ0) is 26.8. The van der Waals surface area contributed by atoms with E-state index in [0.717, 1.165) is 42.1 Å². The lowest BCUT2D eigenvalue weighted by Gasteiger charge is -2.30. The topological polar surface area (TPSA) is 101 Å². The molecule has 8 nitrogen and oxygen atoms in total. The van der Waals surface area contributed by atoms with Crippen LogP contribution in [0.4, 0.5) is 10.5 Å². The molecule has 1 unspecified atom stereocenters. The minimum atomic E-state index is -3.90. The molecule has 2 aliphatic rings. The number of carbonyl (C=O) groups excluding carboxylic acids is 1. The number of sulfonamides is 1. The lowest BCUT2D eigenvalue weighted by atomic mass is 9.90. The number of likely N-dealkylation sites (N-methyl/N-ethyl adjacent to an activating group) is 1. The Morgan fingerprint density at radius 1 is 1.24 bits per heavy atom. The number of amides is 1. The quantitative estimate of drug-likeness (QED) is 0.365. The standard InChI is InChI=1S/C26H38N4O4S3/c1-25(2,3)29-37(32,33)22-15-19(28-24(31)34-17-26(35)13-8-14-30(26)4)11-12-20(22)21-16-27-23(36-21)18-9-6-5-7-10-18/h11-12,15-16,18,29,35H,5-10,13-14,17H2,1-4H3,(H,28,31). The fourth-order valence-electron chi connectivity index (χ4n) is 4.95. The van der Waals surface area contributed by atoms with E-state index in [1.807, 2.05) is 7.05 Å². The highest BCUT2D eigenvalue weighted by molar-refractivity contribution is 7.89. The van der Waals surface area contributed by atoms with Gasteiger partial charge in [0.05, 0.1) is 19.7 Å². The summed E-state index contributed by atoms with van der Waals surface area (Å²) in [6.07, 6.45) is 8.86. The number of hydrogen-bond acceptors (Lipinski definition) is 8. The molecular formula is C26H38N4O4S3. The maximum atomic E-state index is 13.5. The Morgan fingerprint density at radius 3 is 2.62 bits per heavy atom. The third-order valence-corrected chi connectivity index (χ3v) is 10.6. The highest BCUT2D eigenvalue weighted by Crippen LogP contribution is 2.40. The molecule has 1 aromatic carbocycles. The van der Waals surface area contributed by atoms with E-state index in [9.17, 15) is 13.2 Å². The Labute approximate surface area is 230 Å². The van der Waals surface area contributed by atoms with Gasteiger partial charge in [0.2, 0.25) is 10.0 Å². The van der Waals surface area contributed by atoms with Crippen molar-refractivity contribution in [3.8, 4) is 10.4 Å². The van der Waals surface area contributed by atoms with Crippen LogP contribution in [0.3, 0.4) is 0 Å². The van der Waals surface area contributed by atoms with E-state index in [-0.39, 0.29) is 11.5 Å². The highest BCUT2D eigenvalue weighted by atomic mass is 32.2. The molecule has 1 saturated carbocycles. The molecule has 4 rings (SSSR count). The van der Waals surface area contributed by atoms with Gasteiger partial charge in [0, 0.05) is 28.9 Å². The Bertz CT molecular complexity index is 1220. The van der Waals surface area contributed by atoms with Crippen LogP contribution >= 0.6 is 24.0 Å². The number of thiazole rings is 1. The van der Waals surface area contributed by atoms with Crippen molar-refractivity contribution in [3.63, 3.8) is 0 Å². The lowest BCUT2D eigenvalue weighted by molar-refractivity contribution is 0.115. The van der Waals surface area contributed by atoms with Crippen molar-refractivity contribution >= 4 is 45.8 Å². The first-order valence-electron chi connectivity index (χ1n) is 12.9. The predicted molar refractivity (Wildman–Crippen MR) is 152 cm³/mol. The molecule has 0 radical (unpaired) electrons. The van der Waals surface area contributed by atoms with E-state index in [2.05, 4.69) is 19.9 Å². The number of benzene rings is 1. The third kappa shape index (κ3) is 7.06. The minimum absolute atomic E-state index is 0.0975. The molecule has 0 spiro atoms. The number of nitrogens with one attached hydrogen (secondary N) is 2. The van der Waals surface area contributed by atoms with Gasteiger partial charge in [-0.05, 0) is 72.2 Å². The number of nitrogens with zero attached hydrogens (tertiary/aromatic N) is 2. The summed E-state index contributed by atoms with van der Waals surface area (Å²) in [5.41, 5.74) is 0.235. The fourth-order valence-corrected chi connectivity index (χ4v) is 8.13. The Hall–Kier alpha value is -1.66. The van der Waals surface area contributed by atoms with Crippen LogP contribution in [-0.2, 0) is 14.8 Å². The maximum Gasteiger partial charge on any atom is 0.411 e. The fraction of sp³-hybridized carbons (Fsp3) is 0.615. The second kappa shape index (κ2) is 11.2. The van der Waals surface area contributed by atoms with Crippen molar-refractivity contribution in [1.29, 1.82) is 0 Å². The van der Waals surface area contributed by atoms with E-state index in [4.69, 9.17) is 17.4 Å². The van der Waals surface area contributed by atoms with Crippen LogP contribution in [0, 0.1) is 0 Å². The van der Waals surface area contributed by atoms with Gasteiger partial charge in [0.15, 0.2) is 0 Å². The predicted octanol–water partition coefficient (Wildman–Crippen LogP) is 5.83. The van der Waals surface area contributed by atoms with E-state index in [1.165, 1.54) is 25.3 Å². The average Bonchev–Trinajstić information content (AvgIpc) is 3.44. The maximum absolute atomic E-state index is 13.5. The van der Waals surface area contributed by atoms with Crippen LogP contribution in [-0.4, -0.2) is 55.0 Å². The summed E-state index contributed by atoms with van der Waals surface area (Å²) in [4.78, 5) is 19.7. The largest absolute Gasteiger partial charge is 0.446 e. The van der Waals surface area contributed by atoms with Crippen LogP contribution in [0.2, 0.25) is 0 Å². The molecule has 37 heavy (non-hydrogen) atoms. The molecule has 11 heteroatoms. The summed E-state index contributed by atoms with van der Waals surface area (Å²) in [5.74, 6) is 0.435. The second-order valence-corrected chi connectivity index (χ2v) is 14.7. The molecule has 2 heterocycles. The number of hydrogen-bond donors (Lipinski definition) is 3. The van der Waals surface area contributed by atoms with Gasteiger partial charge in [0.25, 0.3) is 0 Å². The first-order valence-corrected chi connectivity index (χ1v) is 15.6. The van der Waals surface area contributed by atoms with Crippen molar-refractivity contribution in [3.05, 3.63) is 29.4 Å². The van der Waals surface area contributed by atoms with Gasteiger partial charge < -0.3 is 4.74 Å². The van der Waals surface area contributed by atoms with E-state index >= 15 is 0 Å². The summed E-state index contributed by atoms with van der Waals surface area (Å²) in [6.45, 7) is 6.43. The van der Waals surface area contributed by atoms with E-state index in [1.54, 1.807) is 50.4 Å². The zero-order valence-electron chi connectivity index (χ0n) is 22.0. The highest BCUT2D eigenvalue weighted by Gasteiger charge is 2.36. The smallest absolute Gasteiger partial charge is 0.411 e. The van der Waals surface area contributed by atoms with Gasteiger partial charge in [-0.15, -0.1) is 11.3 Å². The SMILES string of the molecule is CN1CCCC1(S)COC(=O)Nc1ccc(-c2cnc(C3CCCCC3)s2)c(S(=O)(=O)NC(C)(C)C)c1. The number of rotatable bonds is 7. The van der Waals surface area contributed by atoms with E-state index in [0.29, 0.717) is 17.2 Å². The third-order valence-electron chi connectivity index (χ3n) is 6.92. The molecule has 1 aliphatic heterocycles. The van der Waals surface area contributed by atoms with Gasteiger partial charge in [-0.3, -0.25) is 10.2 Å². The first-order chi connectivity index (χ1) is 17.4. The summed E-state index contributed by atoms with van der Waals surface area (Å²) in [5, 5.41) is 3.75. The summed E-state index contributed by atoms with van der Waals surface area (Å²) in [6, 6.07) is 4.92. The Balaban J connectivity index is 1.59. The van der Waals surface area contributed by atoms with Crippen molar-refractivity contribution < 1.29 is 17.9 Å². The Morgan fingerprint density at radius 2 is 1.97 bits per heavy atom. The molecule has 2 fully saturated rings. The van der Waals surface area contributed by atoms with Crippen molar-refractivity contribution in [2.75, 3.05) is 25.5 Å². The molecule has 1 saturated heterocycles. The van der Waals surface area contributed by atoms with Gasteiger partial charge in [-0.1, -0.05) is 25.3 Å². The lowest BCUT2D eigenvalue weighted by Crippen LogP contribution is -2.41. The monoisotopic (exact) mass is 566 g/mol. The minimum Gasteiger partial charge on any atom is -0.446 e. The number of likely N-dealkylation sites (tertiary alicyclic amines) is 1. The molecule has 1 aliphatic carbocycles. The number of carbonyl (C=O) groups is 1. The molecular weight excluding hydrogens is 529 g/mol. The van der Waals surface area contributed by atoms with Gasteiger partial charge >= 0.3 is 6.09 Å². The zero-order valence-corrected chi connectivity index (χ0v) is 24.6. The van der Waals surface area contributed by atoms with E-state index < -0.39 is 26.5 Å². The molecule has 1 atom stereocenters. The average molecular weight is 567 g/mol. The molecule has 2 aromatic rings. The van der Waals surface area contributed by atoms with Crippen molar-refractivity contribution in [2.45, 2.75) is 86.9 Å². The number of anilines is 1. The summed E-state index contributed by atoms with van der Waals surface area (Å²) in [7, 11) is -1.94. The van der Waals surface area contributed by atoms with Gasteiger partial charge in [-0.2, -0.15) is 12.6 Å². The van der Waals surface area contributed by atoms with Crippen LogP contribution in [0.5, 0.6) is 0 Å². The van der Waals surface area contributed by atoms with Gasteiger partial charge in [-0.25, -0.2) is 22.9 Å². The van der Waals surface area contributed by atoms with Crippen LogP contribution < -0.4 is 10.0 Å². The molecule has 1 amide bonds. The summed E-state index contributed by atoms with van der Waals surface area (Å²) >= 11 is 6.25. The second-order valence-electron chi connectivity index (χ2n) is 11.2. The van der Waals surface area contributed by atoms with Crippen LogP contribution in [0.1, 0.15) is 76.6 Å². The molecule has 204 valence electrons. The number of aromatic nitrogens is 1. The molecule has 1 aromatic heterocycles. The first kappa shape index (κ1) is 28.4. The number of thiol groups is 1. The molecule has 0 bridgehead atoms. The normalized spacial score (nSPS) is 21.8. The Kier molecular flexibility index (Phi) is 8.59. The summed E-state index contributed by atoms with van der Waals surface area (Å²) < 4.78 is 35.2. The van der Waals surface area contributed by atoms with Crippen LogP contribution in [0.15, 0.2) is 29.3 Å². The van der Waals surface area contributed by atoms with Crippen LogP contribution in [0.25, 0.3) is 10.4 Å². The van der Waals surface area contributed by atoms with Crippen molar-refractivity contribution in [1.82, 2.24) is 14.6 Å². The van der Waals surface area contributed by atoms with Gasteiger partial charge in [0.1, 0.15) is 6.61 Å². The van der Waals surface area contributed by atoms with Crippen molar-refractivity contribution in [2.24, 2.45) is 0 Å². The number of ether oxygens (including phenoxy) is 1.